The Bertz CT molecular complexity index is 399. The van der Waals surface area contributed by atoms with Gasteiger partial charge < -0.3 is 4.74 Å². The zero-order valence-corrected chi connectivity index (χ0v) is 11.7. The van der Waals surface area contributed by atoms with Crippen LogP contribution < -0.4 is 10.2 Å². The molecule has 19 heavy (non-hydrogen) atoms. The molecule has 0 spiro atoms. The molecule has 0 saturated carbocycles. The second-order valence-electron chi connectivity index (χ2n) is 4.33. The largest absolute Gasteiger partial charge is 0.497 e. The van der Waals surface area contributed by atoms with Crippen LogP contribution in [0.2, 0.25) is 0 Å². The highest BCUT2D eigenvalue weighted by molar-refractivity contribution is 5.94. The third-order valence-electron chi connectivity index (χ3n) is 2.80. The molecule has 0 saturated heterocycles. The molecule has 0 aliphatic rings. The Balaban J connectivity index is 2.28. The lowest BCUT2D eigenvalue weighted by molar-refractivity contribution is 0.0955. The molecule has 1 N–H and O–H groups in total. The number of hydrogen-bond donors (Lipinski definition) is 1. The monoisotopic (exact) mass is 262 g/mol. The number of rotatable bonds is 8. The third-order valence-corrected chi connectivity index (χ3v) is 2.80. The number of carbonyl (C=O) groups is 1. The smallest absolute Gasteiger partial charge is 0.271 e. The molecule has 0 unspecified atom stereocenters. The lowest BCUT2D eigenvalue weighted by atomic mass is 10.2. The van der Waals surface area contributed by atoms with Crippen LogP contribution in [0.25, 0.3) is 0 Å². The average Bonchev–Trinajstić information content (AvgIpc) is 2.46. The minimum absolute atomic E-state index is 0.201. The van der Waals surface area contributed by atoms with Crippen molar-refractivity contribution in [1.82, 2.24) is 5.43 Å². The van der Waals surface area contributed by atoms with E-state index < -0.39 is 0 Å². The van der Waals surface area contributed by atoms with E-state index in [4.69, 9.17) is 4.74 Å². The summed E-state index contributed by atoms with van der Waals surface area (Å²) in [5.74, 6) is 0.531. The molecule has 0 atom stereocenters. The van der Waals surface area contributed by atoms with Gasteiger partial charge in [-0.05, 0) is 37.1 Å². The predicted molar refractivity (Wildman–Crippen MR) is 77.7 cm³/mol. The van der Waals surface area contributed by atoms with Gasteiger partial charge in [0.2, 0.25) is 0 Å². The molecule has 1 aromatic carbocycles. The van der Waals surface area contributed by atoms with Crippen LogP contribution in [0.3, 0.4) is 0 Å². The maximum atomic E-state index is 11.7. The highest BCUT2D eigenvalue weighted by atomic mass is 16.5. The number of unbranched alkanes of at least 4 members (excludes halogenated alkanes) is 4. The minimum atomic E-state index is -0.201. The summed E-state index contributed by atoms with van der Waals surface area (Å²) in [6.45, 7) is 2.18. The van der Waals surface area contributed by atoms with Gasteiger partial charge in [-0.15, -0.1) is 0 Å². The summed E-state index contributed by atoms with van der Waals surface area (Å²) in [6, 6.07) is 6.93. The van der Waals surface area contributed by atoms with Crippen LogP contribution in [0, 0.1) is 0 Å². The minimum Gasteiger partial charge on any atom is -0.497 e. The molecular weight excluding hydrogens is 240 g/mol. The second kappa shape index (κ2) is 9.14. The number of nitrogens with one attached hydrogen (secondary N) is 1. The number of benzene rings is 1. The van der Waals surface area contributed by atoms with Crippen molar-refractivity contribution in [3.05, 3.63) is 29.8 Å². The van der Waals surface area contributed by atoms with Gasteiger partial charge in [0.25, 0.3) is 5.91 Å². The molecule has 0 heterocycles. The number of nitrogens with zero attached hydrogens (tertiary/aromatic N) is 1. The lowest BCUT2D eigenvalue weighted by Gasteiger charge is -2.02. The normalized spacial score (nSPS) is 10.6. The molecule has 0 bridgehead atoms. The summed E-state index contributed by atoms with van der Waals surface area (Å²) in [5.41, 5.74) is 3.09. The number of methoxy groups -OCH3 is 1. The predicted octanol–water partition coefficient (Wildman–Crippen LogP) is 3.38. The van der Waals surface area contributed by atoms with Crippen LogP contribution in [-0.2, 0) is 0 Å². The molecular formula is C15H22N2O2. The van der Waals surface area contributed by atoms with Gasteiger partial charge in [-0.2, -0.15) is 5.10 Å². The van der Waals surface area contributed by atoms with Gasteiger partial charge in [0.05, 0.1) is 7.11 Å². The first kappa shape index (κ1) is 15.2. The fourth-order valence-electron chi connectivity index (χ4n) is 1.64. The summed E-state index contributed by atoms with van der Waals surface area (Å²) >= 11 is 0. The quantitative estimate of drug-likeness (QED) is 0.443. The number of hydrogen-bond acceptors (Lipinski definition) is 3. The number of ether oxygens (including phenoxy) is 1. The Hall–Kier alpha value is -1.84. The van der Waals surface area contributed by atoms with Crippen molar-refractivity contribution in [3.63, 3.8) is 0 Å². The summed E-state index contributed by atoms with van der Waals surface area (Å²) < 4.78 is 5.03. The maximum absolute atomic E-state index is 11.7. The van der Waals surface area contributed by atoms with Crippen molar-refractivity contribution in [2.75, 3.05) is 7.11 Å². The summed E-state index contributed by atoms with van der Waals surface area (Å²) in [4.78, 5) is 11.7. The van der Waals surface area contributed by atoms with E-state index in [1.807, 2.05) is 0 Å². The van der Waals surface area contributed by atoms with Crippen LogP contribution in [0.1, 0.15) is 49.4 Å². The van der Waals surface area contributed by atoms with Crippen molar-refractivity contribution in [2.24, 2.45) is 5.10 Å². The van der Waals surface area contributed by atoms with E-state index >= 15 is 0 Å². The fraction of sp³-hybridized carbons (Fsp3) is 0.467. The van der Waals surface area contributed by atoms with Crippen molar-refractivity contribution < 1.29 is 9.53 Å². The van der Waals surface area contributed by atoms with Gasteiger partial charge >= 0.3 is 0 Å². The zero-order chi connectivity index (χ0) is 13.9. The van der Waals surface area contributed by atoms with E-state index in [0.717, 1.165) is 18.6 Å². The molecule has 104 valence electrons. The lowest BCUT2D eigenvalue weighted by Crippen LogP contribution is -2.17. The molecule has 0 fully saturated rings. The highest BCUT2D eigenvalue weighted by Crippen LogP contribution is 2.10. The first-order valence-corrected chi connectivity index (χ1v) is 6.74. The number of hydrazone groups is 1. The first-order valence-electron chi connectivity index (χ1n) is 6.74. The van der Waals surface area contributed by atoms with E-state index in [-0.39, 0.29) is 5.91 Å². The third kappa shape index (κ3) is 6.04. The second-order valence-corrected chi connectivity index (χ2v) is 4.33. The van der Waals surface area contributed by atoms with E-state index in [1.165, 1.54) is 19.3 Å². The molecule has 1 aromatic rings. The van der Waals surface area contributed by atoms with Crippen molar-refractivity contribution >= 4 is 12.1 Å². The standard InChI is InChI=1S/C15H22N2O2/c1-3-4-5-6-7-12-16-17-15(18)13-8-10-14(19-2)11-9-13/h8-12H,3-7H2,1-2H3,(H,17,18)/b16-12+. The van der Waals surface area contributed by atoms with Gasteiger partial charge in [0.1, 0.15) is 5.75 Å². The maximum Gasteiger partial charge on any atom is 0.271 e. The van der Waals surface area contributed by atoms with E-state index in [9.17, 15) is 4.79 Å². The molecule has 0 aromatic heterocycles. The molecule has 1 rings (SSSR count). The molecule has 0 radical (unpaired) electrons. The van der Waals surface area contributed by atoms with E-state index in [1.54, 1.807) is 37.6 Å². The SMILES string of the molecule is CCCCCC/C=N/NC(=O)c1ccc(OC)cc1. The Morgan fingerprint density at radius 2 is 2.00 bits per heavy atom. The van der Waals surface area contributed by atoms with Crippen LogP contribution in [0.15, 0.2) is 29.4 Å². The molecule has 4 nitrogen and oxygen atoms in total. The van der Waals surface area contributed by atoms with Crippen molar-refractivity contribution in [2.45, 2.75) is 39.0 Å². The molecule has 1 amide bonds. The first-order chi connectivity index (χ1) is 9.27. The Kier molecular flexibility index (Phi) is 7.32. The molecule has 0 aliphatic heterocycles. The van der Waals surface area contributed by atoms with Gasteiger partial charge in [0, 0.05) is 11.8 Å². The van der Waals surface area contributed by atoms with E-state index in [2.05, 4.69) is 17.5 Å². The Labute approximate surface area is 114 Å². The van der Waals surface area contributed by atoms with Gasteiger partial charge in [-0.1, -0.05) is 26.2 Å². The van der Waals surface area contributed by atoms with Crippen LogP contribution in [0.5, 0.6) is 5.75 Å². The van der Waals surface area contributed by atoms with Gasteiger partial charge in [0.15, 0.2) is 0 Å². The van der Waals surface area contributed by atoms with Crippen molar-refractivity contribution in [1.29, 1.82) is 0 Å². The Morgan fingerprint density at radius 3 is 2.63 bits per heavy atom. The molecule has 4 heteroatoms. The van der Waals surface area contributed by atoms with Crippen LogP contribution >= 0.6 is 0 Å². The number of amides is 1. The highest BCUT2D eigenvalue weighted by Gasteiger charge is 2.03. The Morgan fingerprint density at radius 1 is 1.26 bits per heavy atom. The van der Waals surface area contributed by atoms with Gasteiger partial charge in [-0.3, -0.25) is 4.79 Å². The summed E-state index contributed by atoms with van der Waals surface area (Å²) in [6.07, 6.45) is 7.49. The van der Waals surface area contributed by atoms with E-state index in [0.29, 0.717) is 5.56 Å². The summed E-state index contributed by atoms with van der Waals surface area (Å²) in [7, 11) is 1.60. The van der Waals surface area contributed by atoms with Crippen molar-refractivity contribution in [3.8, 4) is 5.75 Å². The summed E-state index contributed by atoms with van der Waals surface area (Å²) in [5, 5.41) is 3.93. The van der Waals surface area contributed by atoms with Crippen LogP contribution in [-0.4, -0.2) is 19.2 Å². The average molecular weight is 262 g/mol. The van der Waals surface area contributed by atoms with Crippen LogP contribution in [0.4, 0.5) is 0 Å². The zero-order valence-electron chi connectivity index (χ0n) is 11.7. The molecule has 0 aliphatic carbocycles. The topological polar surface area (TPSA) is 50.7 Å². The number of carbonyl (C=O) groups excluding carboxylic acids is 1. The van der Waals surface area contributed by atoms with Gasteiger partial charge in [-0.25, -0.2) is 5.43 Å². The fourth-order valence-corrected chi connectivity index (χ4v) is 1.64.